The number of sulfonamides is 1. The SMILES string of the molecule is CCN(c1ccccc1C)S(=O)(=O)c1cc(C(=O)O)cs1. The van der Waals surface area contributed by atoms with Crippen LogP contribution in [0.2, 0.25) is 0 Å². The topological polar surface area (TPSA) is 74.7 Å². The zero-order valence-corrected chi connectivity index (χ0v) is 13.2. The summed E-state index contributed by atoms with van der Waals surface area (Å²) in [7, 11) is -3.75. The summed E-state index contributed by atoms with van der Waals surface area (Å²) >= 11 is 0.919. The summed E-state index contributed by atoms with van der Waals surface area (Å²) in [5, 5.41) is 10.3. The van der Waals surface area contributed by atoms with Gasteiger partial charge in [0, 0.05) is 11.9 Å². The summed E-state index contributed by atoms with van der Waals surface area (Å²) in [6.07, 6.45) is 0. The Kier molecular flexibility index (Phi) is 4.34. The number of rotatable bonds is 5. The number of carboxylic acids is 1. The number of aryl methyl sites for hydroxylation is 1. The molecule has 0 radical (unpaired) electrons. The Labute approximate surface area is 127 Å². The molecule has 112 valence electrons. The molecule has 0 bridgehead atoms. The predicted octanol–water partition coefficient (Wildman–Crippen LogP) is 2.97. The van der Waals surface area contributed by atoms with Crippen molar-refractivity contribution in [3.05, 3.63) is 46.8 Å². The molecule has 21 heavy (non-hydrogen) atoms. The van der Waals surface area contributed by atoms with E-state index in [0.29, 0.717) is 5.69 Å². The van der Waals surface area contributed by atoms with Gasteiger partial charge in [0.05, 0.1) is 11.3 Å². The lowest BCUT2D eigenvalue weighted by Crippen LogP contribution is -2.30. The van der Waals surface area contributed by atoms with Crippen molar-refractivity contribution in [2.45, 2.75) is 18.1 Å². The highest BCUT2D eigenvalue weighted by atomic mass is 32.2. The largest absolute Gasteiger partial charge is 0.478 e. The maximum absolute atomic E-state index is 12.7. The molecule has 0 saturated heterocycles. The lowest BCUT2D eigenvalue weighted by Gasteiger charge is -2.23. The molecule has 7 heteroatoms. The summed E-state index contributed by atoms with van der Waals surface area (Å²) in [5.41, 5.74) is 1.43. The van der Waals surface area contributed by atoms with Gasteiger partial charge in [-0.3, -0.25) is 4.31 Å². The summed E-state index contributed by atoms with van der Waals surface area (Å²) < 4.78 is 26.7. The van der Waals surface area contributed by atoms with Crippen molar-refractivity contribution in [3.63, 3.8) is 0 Å². The van der Waals surface area contributed by atoms with E-state index in [4.69, 9.17) is 5.11 Å². The van der Waals surface area contributed by atoms with Crippen LogP contribution < -0.4 is 4.31 Å². The monoisotopic (exact) mass is 325 g/mol. The van der Waals surface area contributed by atoms with Crippen molar-refractivity contribution in [3.8, 4) is 0 Å². The Morgan fingerprint density at radius 2 is 2.00 bits per heavy atom. The molecular formula is C14H15NO4S2. The lowest BCUT2D eigenvalue weighted by molar-refractivity contribution is 0.0697. The summed E-state index contributed by atoms with van der Waals surface area (Å²) in [4.78, 5) is 10.9. The quantitative estimate of drug-likeness (QED) is 0.917. The first-order valence-electron chi connectivity index (χ1n) is 6.28. The highest BCUT2D eigenvalue weighted by Gasteiger charge is 2.27. The normalized spacial score (nSPS) is 11.3. The van der Waals surface area contributed by atoms with Crippen LogP contribution in [0.4, 0.5) is 5.69 Å². The van der Waals surface area contributed by atoms with E-state index in [9.17, 15) is 13.2 Å². The maximum Gasteiger partial charge on any atom is 0.336 e. The Bertz CT molecular complexity index is 765. The molecule has 1 aromatic heterocycles. The van der Waals surface area contributed by atoms with Gasteiger partial charge >= 0.3 is 5.97 Å². The highest BCUT2D eigenvalue weighted by molar-refractivity contribution is 7.94. The van der Waals surface area contributed by atoms with Crippen LogP contribution in [0.5, 0.6) is 0 Å². The van der Waals surface area contributed by atoms with E-state index < -0.39 is 16.0 Å². The van der Waals surface area contributed by atoms with Crippen LogP contribution in [0.3, 0.4) is 0 Å². The molecule has 0 fully saturated rings. The third kappa shape index (κ3) is 2.93. The molecule has 0 saturated carbocycles. The Hall–Kier alpha value is -1.86. The number of carboxylic acid groups (broad SMARTS) is 1. The van der Waals surface area contributed by atoms with Gasteiger partial charge < -0.3 is 5.11 Å². The van der Waals surface area contributed by atoms with Crippen molar-refractivity contribution in [2.24, 2.45) is 0 Å². The molecule has 0 aliphatic heterocycles. The van der Waals surface area contributed by atoms with Gasteiger partial charge in [0.25, 0.3) is 10.0 Å². The Morgan fingerprint density at radius 3 is 2.52 bits per heavy atom. The first-order valence-corrected chi connectivity index (χ1v) is 8.60. The van der Waals surface area contributed by atoms with Crippen LogP contribution in [-0.2, 0) is 10.0 Å². The van der Waals surface area contributed by atoms with E-state index in [0.717, 1.165) is 16.9 Å². The van der Waals surface area contributed by atoms with Crippen molar-refractivity contribution >= 4 is 33.0 Å². The number of para-hydroxylation sites is 1. The van der Waals surface area contributed by atoms with Gasteiger partial charge in [-0.2, -0.15) is 0 Å². The number of hydrogen-bond donors (Lipinski definition) is 1. The second-order valence-electron chi connectivity index (χ2n) is 4.42. The van der Waals surface area contributed by atoms with E-state index >= 15 is 0 Å². The van der Waals surface area contributed by atoms with Crippen molar-refractivity contribution in [2.75, 3.05) is 10.8 Å². The number of carbonyl (C=O) groups is 1. The molecule has 0 spiro atoms. The number of anilines is 1. The highest BCUT2D eigenvalue weighted by Crippen LogP contribution is 2.29. The Balaban J connectivity index is 2.49. The molecule has 2 aromatic rings. The fourth-order valence-corrected chi connectivity index (χ4v) is 4.79. The number of benzene rings is 1. The average Bonchev–Trinajstić information content (AvgIpc) is 2.92. The minimum atomic E-state index is -3.75. The van der Waals surface area contributed by atoms with Gasteiger partial charge in [-0.05, 0) is 31.5 Å². The van der Waals surface area contributed by atoms with Crippen LogP contribution in [0, 0.1) is 6.92 Å². The fourth-order valence-electron chi connectivity index (χ4n) is 1.99. The van der Waals surface area contributed by atoms with Crippen LogP contribution in [0.1, 0.15) is 22.8 Å². The van der Waals surface area contributed by atoms with Crippen molar-refractivity contribution in [1.82, 2.24) is 0 Å². The summed E-state index contributed by atoms with van der Waals surface area (Å²) in [5.74, 6) is -1.13. The predicted molar refractivity (Wildman–Crippen MR) is 82.7 cm³/mol. The molecule has 0 aliphatic carbocycles. The van der Waals surface area contributed by atoms with Crippen molar-refractivity contribution < 1.29 is 18.3 Å². The van der Waals surface area contributed by atoms with Gasteiger partial charge in [-0.25, -0.2) is 13.2 Å². The number of aromatic carboxylic acids is 1. The van der Waals surface area contributed by atoms with Crippen LogP contribution in [0.15, 0.2) is 39.9 Å². The van der Waals surface area contributed by atoms with Gasteiger partial charge in [0.1, 0.15) is 4.21 Å². The molecule has 0 atom stereocenters. The van der Waals surface area contributed by atoms with E-state index in [1.54, 1.807) is 19.1 Å². The molecule has 0 aliphatic rings. The number of hydrogen-bond acceptors (Lipinski definition) is 4. The molecule has 5 nitrogen and oxygen atoms in total. The van der Waals surface area contributed by atoms with Crippen LogP contribution >= 0.6 is 11.3 Å². The number of thiophene rings is 1. The molecule has 0 unspecified atom stereocenters. The number of nitrogens with zero attached hydrogens (tertiary/aromatic N) is 1. The van der Waals surface area contributed by atoms with Gasteiger partial charge in [0.15, 0.2) is 0 Å². The standard InChI is InChI=1S/C14H15NO4S2/c1-3-15(12-7-5-4-6-10(12)2)21(18,19)13-8-11(9-20-13)14(16)17/h4-9H,3H2,1-2H3,(H,16,17). The van der Waals surface area contributed by atoms with Crippen LogP contribution in [0.25, 0.3) is 0 Å². The summed E-state index contributed by atoms with van der Waals surface area (Å²) in [6.45, 7) is 3.85. The zero-order chi connectivity index (χ0) is 15.6. The smallest absolute Gasteiger partial charge is 0.336 e. The minimum absolute atomic E-state index is 0.0144. The average molecular weight is 325 g/mol. The van der Waals surface area contributed by atoms with E-state index in [-0.39, 0.29) is 16.3 Å². The lowest BCUT2D eigenvalue weighted by atomic mass is 10.2. The Morgan fingerprint density at radius 1 is 1.33 bits per heavy atom. The molecule has 1 heterocycles. The van der Waals surface area contributed by atoms with Crippen LogP contribution in [-0.4, -0.2) is 26.0 Å². The van der Waals surface area contributed by atoms with E-state index in [1.807, 2.05) is 19.1 Å². The third-order valence-corrected chi connectivity index (χ3v) is 6.34. The third-order valence-electron chi connectivity index (χ3n) is 3.04. The first kappa shape index (κ1) is 15.5. The molecule has 1 N–H and O–H groups in total. The second-order valence-corrected chi connectivity index (χ2v) is 7.42. The van der Waals surface area contributed by atoms with Gasteiger partial charge in [-0.15, -0.1) is 11.3 Å². The first-order chi connectivity index (χ1) is 9.87. The van der Waals surface area contributed by atoms with Crippen molar-refractivity contribution in [1.29, 1.82) is 0 Å². The molecule has 0 amide bonds. The maximum atomic E-state index is 12.7. The second kappa shape index (κ2) is 5.87. The minimum Gasteiger partial charge on any atom is -0.478 e. The fraction of sp³-hybridized carbons (Fsp3) is 0.214. The van der Waals surface area contributed by atoms with E-state index in [2.05, 4.69) is 0 Å². The van der Waals surface area contributed by atoms with Gasteiger partial charge in [0.2, 0.25) is 0 Å². The zero-order valence-electron chi connectivity index (χ0n) is 11.6. The van der Waals surface area contributed by atoms with Gasteiger partial charge in [-0.1, -0.05) is 18.2 Å². The molecule has 2 rings (SSSR count). The molecular weight excluding hydrogens is 310 g/mol. The molecule has 1 aromatic carbocycles. The van der Waals surface area contributed by atoms with E-state index in [1.165, 1.54) is 15.8 Å². The summed E-state index contributed by atoms with van der Waals surface area (Å²) in [6, 6.07) is 8.39.